The Morgan fingerprint density at radius 1 is 1.10 bits per heavy atom. The SMILES string of the molecule is OCc1c(-c2ccccc2Cl)noc1-c1ccc(F)cc1. The number of aromatic nitrogens is 1. The van der Waals surface area contributed by atoms with Crippen LogP contribution < -0.4 is 0 Å². The number of aliphatic hydroxyl groups is 1. The van der Waals surface area contributed by atoms with Crippen LogP contribution in [0.2, 0.25) is 5.02 Å². The summed E-state index contributed by atoms with van der Waals surface area (Å²) >= 11 is 6.15. The Labute approximate surface area is 125 Å². The van der Waals surface area contributed by atoms with Crippen molar-refractivity contribution >= 4 is 11.6 Å². The van der Waals surface area contributed by atoms with Crippen LogP contribution in [0.3, 0.4) is 0 Å². The predicted molar refractivity (Wildman–Crippen MR) is 78.3 cm³/mol. The van der Waals surface area contributed by atoms with Gasteiger partial charge >= 0.3 is 0 Å². The van der Waals surface area contributed by atoms with Crippen molar-refractivity contribution < 1.29 is 14.0 Å². The van der Waals surface area contributed by atoms with Gasteiger partial charge in [0, 0.05) is 11.1 Å². The van der Waals surface area contributed by atoms with Gasteiger partial charge in [0.15, 0.2) is 5.76 Å². The molecule has 106 valence electrons. The van der Waals surface area contributed by atoms with E-state index < -0.39 is 0 Å². The van der Waals surface area contributed by atoms with Crippen LogP contribution in [0.5, 0.6) is 0 Å². The van der Waals surface area contributed by atoms with E-state index in [-0.39, 0.29) is 12.4 Å². The highest BCUT2D eigenvalue weighted by atomic mass is 35.5. The molecule has 0 radical (unpaired) electrons. The van der Waals surface area contributed by atoms with Crippen molar-refractivity contribution in [2.24, 2.45) is 0 Å². The molecule has 0 aliphatic carbocycles. The van der Waals surface area contributed by atoms with Gasteiger partial charge in [-0.25, -0.2) is 4.39 Å². The molecular formula is C16H11ClFNO2. The standard InChI is InChI=1S/C16H11ClFNO2/c17-14-4-2-1-3-12(14)15-13(9-20)16(21-19-15)10-5-7-11(18)8-6-10/h1-8,20H,9H2. The first-order valence-corrected chi connectivity index (χ1v) is 6.68. The average molecular weight is 304 g/mol. The van der Waals surface area contributed by atoms with E-state index in [1.54, 1.807) is 24.3 Å². The summed E-state index contributed by atoms with van der Waals surface area (Å²) in [6, 6.07) is 13.0. The van der Waals surface area contributed by atoms with Gasteiger partial charge in [0.05, 0.1) is 17.2 Å². The second kappa shape index (κ2) is 5.68. The van der Waals surface area contributed by atoms with E-state index in [0.29, 0.717) is 33.2 Å². The summed E-state index contributed by atoms with van der Waals surface area (Å²) in [7, 11) is 0. The molecule has 5 heteroatoms. The first kappa shape index (κ1) is 13.8. The summed E-state index contributed by atoms with van der Waals surface area (Å²) in [4.78, 5) is 0. The van der Waals surface area contributed by atoms with Crippen molar-refractivity contribution in [3.8, 4) is 22.6 Å². The molecule has 0 aliphatic rings. The Balaban J connectivity index is 2.13. The van der Waals surface area contributed by atoms with E-state index in [2.05, 4.69) is 5.16 Å². The maximum absolute atomic E-state index is 13.0. The second-order valence-corrected chi connectivity index (χ2v) is 4.89. The third kappa shape index (κ3) is 2.55. The predicted octanol–water partition coefficient (Wildman–Crippen LogP) is 4.29. The highest BCUT2D eigenvalue weighted by Crippen LogP contribution is 2.35. The fourth-order valence-corrected chi connectivity index (χ4v) is 2.37. The Bertz CT molecular complexity index is 768. The molecule has 0 amide bonds. The molecule has 1 aromatic heterocycles. The molecule has 3 rings (SSSR count). The fraction of sp³-hybridized carbons (Fsp3) is 0.0625. The molecular weight excluding hydrogens is 293 g/mol. The van der Waals surface area contributed by atoms with Crippen molar-refractivity contribution in [3.63, 3.8) is 0 Å². The second-order valence-electron chi connectivity index (χ2n) is 4.48. The molecule has 0 saturated carbocycles. The number of halogens is 2. The molecule has 0 bridgehead atoms. The monoisotopic (exact) mass is 303 g/mol. The van der Waals surface area contributed by atoms with Crippen LogP contribution in [0.4, 0.5) is 4.39 Å². The van der Waals surface area contributed by atoms with Gasteiger partial charge in [0.2, 0.25) is 0 Å². The summed E-state index contributed by atoms with van der Waals surface area (Å²) in [5.41, 5.74) is 2.34. The topological polar surface area (TPSA) is 46.3 Å². The summed E-state index contributed by atoms with van der Waals surface area (Å²) < 4.78 is 18.3. The van der Waals surface area contributed by atoms with Crippen molar-refractivity contribution in [1.29, 1.82) is 0 Å². The third-order valence-electron chi connectivity index (χ3n) is 3.18. The number of hydrogen-bond donors (Lipinski definition) is 1. The smallest absolute Gasteiger partial charge is 0.173 e. The van der Waals surface area contributed by atoms with Crippen molar-refractivity contribution in [2.75, 3.05) is 0 Å². The van der Waals surface area contributed by atoms with E-state index in [1.165, 1.54) is 12.1 Å². The molecule has 3 nitrogen and oxygen atoms in total. The van der Waals surface area contributed by atoms with Gasteiger partial charge in [-0.2, -0.15) is 0 Å². The molecule has 3 aromatic rings. The highest BCUT2D eigenvalue weighted by Gasteiger charge is 2.19. The lowest BCUT2D eigenvalue weighted by atomic mass is 10.0. The molecule has 0 spiro atoms. The number of hydrogen-bond acceptors (Lipinski definition) is 3. The van der Waals surface area contributed by atoms with Gasteiger partial charge in [-0.15, -0.1) is 0 Å². The minimum absolute atomic E-state index is 0.253. The maximum Gasteiger partial charge on any atom is 0.173 e. The van der Waals surface area contributed by atoms with E-state index in [4.69, 9.17) is 16.1 Å². The molecule has 1 N–H and O–H groups in total. The van der Waals surface area contributed by atoms with E-state index >= 15 is 0 Å². The van der Waals surface area contributed by atoms with Gasteiger partial charge in [-0.1, -0.05) is 35.0 Å². The van der Waals surface area contributed by atoms with Crippen molar-refractivity contribution in [3.05, 3.63) is 64.9 Å². The zero-order chi connectivity index (χ0) is 14.8. The Kier molecular flexibility index (Phi) is 3.73. The van der Waals surface area contributed by atoms with Crippen molar-refractivity contribution in [2.45, 2.75) is 6.61 Å². The van der Waals surface area contributed by atoms with Gasteiger partial charge < -0.3 is 9.63 Å². The first-order chi connectivity index (χ1) is 10.2. The molecule has 0 aliphatic heterocycles. The molecule has 0 atom stereocenters. The van der Waals surface area contributed by atoms with E-state index in [9.17, 15) is 9.50 Å². The van der Waals surface area contributed by atoms with Crippen LogP contribution in [0.15, 0.2) is 53.1 Å². The Morgan fingerprint density at radius 2 is 1.81 bits per heavy atom. The molecule has 2 aromatic carbocycles. The van der Waals surface area contributed by atoms with Gasteiger partial charge in [-0.3, -0.25) is 0 Å². The maximum atomic E-state index is 13.0. The van der Waals surface area contributed by atoms with Gasteiger partial charge in [0.25, 0.3) is 0 Å². The molecule has 21 heavy (non-hydrogen) atoms. The number of nitrogens with zero attached hydrogens (tertiary/aromatic N) is 1. The summed E-state index contributed by atoms with van der Waals surface area (Å²) in [6.07, 6.45) is 0. The quantitative estimate of drug-likeness (QED) is 0.785. The van der Waals surface area contributed by atoms with Crippen LogP contribution >= 0.6 is 11.6 Å². The van der Waals surface area contributed by atoms with Gasteiger partial charge in [-0.05, 0) is 30.3 Å². The Morgan fingerprint density at radius 3 is 2.48 bits per heavy atom. The lowest BCUT2D eigenvalue weighted by Crippen LogP contribution is -1.90. The number of benzene rings is 2. The summed E-state index contributed by atoms with van der Waals surface area (Å²) in [6.45, 7) is -0.253. The molecule has 0 saturated heterocycles. The zero-order valence-corrected chi connectivity index (χ0v) is 11.6. The number of rotatable bonds is 3. The minimum atomic E-state index is -0.338. The third-order valence-corrected chi connectivity index (χ3v) is 3.51. The molecule has 1 heterocycles. The lowest BCUT2D eigenvalue weighted by molar-refractivity contribution is 0.281. The molecule has 0 fully saturated rings. The average Bonchev–Trinajstić information content (AvgIpc) is 2.92. The van der Waals surface area contributed by atoms with E-state index in [0.717, 1.165) is 0 Å². The van der Waals surface area contributed by atoms with Crippen LogP contribution in [-0.2, 0) is 6.61 Å². The minimum Gasteiger partial charge on any atom is -0.391 e. The van der Waals surface area contributed by atoms with Crippen LogP contribution in [0, 0.1) is 5.82 Å². The number of aliphatic hydroxyl groups excluding tert-OH is 1. The lowest BCUT2D eigenvalue weighted by Gasteiger charge is -2.03. The van der Waals surface area contributed by atoms with Crippen LogP contribution in [-0.4, -0.2) is 10.3 Å². The normalized spacial score (nSPS) is 10.8. The first-order valence-electron chi connectivity index (χ1n) is 6.31. The summed E-state index contributed by atoms with van der Waals surface area (Å²) in [5, 5.41) is 14.2. The van der Waals surface area contributed by atoms with Crippen LogP contribution in [0.1, 0.15) is 5.56 Å². The van der Waals surface area contributed by atoms with E-state index in [1.807, 2.05) is 12.1 Å². The highest BCUT2D eigenvalue weighted by molar-refractivity contribution is 6.33. The zero-order valence-electron chi connectivity index (χ0n) is 10.9. The Hall–Kier alpha value is -2.17. The largest absolute Gasteiger partial charge is 0.391 e. The van der Waals surface area contributed by atoms with Gasteiger partial charge in [0.1, 0.15) is 11.5 Å². The van der Waals surface area contributed by atoms with Crippen LogP contribution in [0.25, 0.3) is 22.6 Å². The molecule has 0 unspecified atom stereocenters. The summed E-state index contributed by atoms with van der Waals surface area (Å²) in [5.74, 6) is 0.0718. The van der Waals surface area contributed by atoms with Crippen molar-refractivity contribution in [1.82, 2.24) is 5.16 Å². The fourth-order valence-electron chi connectivity index (χ4n) is 2.15.